The number of hydrogen-bond acceptors (Lipinski definition) is 2. The molecule has 0 aliphatic heterocycles. The predicted molar refractivity (Wildman–Crippen MR) is 74.3 cm³/mol. The lowest BCUT2D eigenvalue weighted by atomic mass is 9.93. The minimum absolute atomic E-state index is 0.0569. The van der Waals surface area contributed by atoms with Gasteiger partial charge in [0.15, 0.2) is 0 Å². The maximum Gasteiger partial charge on any atom is 0.416 e. The van der Waals surface area contributed by atoms with Crippen LogP contribution in [0.2, 0.25) is 0 Å². The van der Waals surface area contributed by atoms with Crippen molar-refractivity contribution in [3.05, 3.63) is 35.4 Å². The molecule has 20 heavy (non-hydrogen) atoms. The second-order valence-electron chi connectivity index (χ2n) is 5.01. The summed E-state index contributed by atoms with van der Waals surface area (Å²) in [5.74, 6) is -0.597. The molecule has 0 aliphatic carbocycles. The Morgan fingerprint density at radius 1 is 1.35 bits per heavy atom. The van der Waals surface area contributed by atoms with Crippen molar-refractivity contribution in [2.24, 2.45) is 11.1 Å². The average molecular weight is 304 g/mol. The Balaban J connectivity index is 2.82. The molecule has 0 radical (unpaired) electrons. The Morgan fingerprint density at radius 3 is 2.45 bits per heavy atom. The Labute approximate surface area is 120 Å². The summed E-state index contributed by atoms with van der Waals surface area (Å²) in [6.07, 6.45) is -4.48. The molecule has 3 nitrogen and oxygen atoms in total. The molecule has 0 unspecified atom stereocenters. The number of thiocarbonyl (C=S) groups is 1. The van der Waals surface area contributed by atoms with E-state index in [1.54, 1.807) is 13.8 Å². The number of carbonyl (C=O) groups is 1. The summed E-state index contributed by atoms with van der Waals surface area (Å²) < 4.78 is 37.6. The topological polar surface area (TPSA) is 55.1 Å². The maximum absolute atomic E-state index is 12.5. The summed E-state index contributed by atoms with van der Waals surface area (Å²) in [5, 5.41) is 2.53. The summed E-state index contributed by atoms with van der Waals surface area (Å²) in [4.78, 5) is 12.1. The molecule has 0 saturated carbocycles. The van der Waals surface area contributed by atoms with Crippen LogP contribution in [0.15, 0.2) is 24.3 Å². The minimum Gasteiger partial charge on any atom is -0.393 e. The second-order valence-corrected chi connectivity index (χ2v) is 5.45. The molecule has 1 rings (SSSR count). The molecule has 0 aromatic heterocycles. The van der Waals surface area contributed by atoms with E-state index in [4.69, 9.17) is 18.0 Å². The molecule has 1 aromatic carbocycles. The first kappa shape index (κ1) is 16.4. The zero-order chi connectivity index (χ0) is 15.6. The number of nitrogens with two attached hydrogens (primary N) is 1. The highest BCUT2D eigenvalue weighted by Crippen LogP contribution is 2.29. The van der Waals surface area contributed by atoms with Crippen molar-refractivity contribution >= 4 is 23.1 Å². The lowest BCUT2D eigenvalue weighted by Gasteiger charge is -2.23. The van der Waals surface area contributed by atoms with Gasteiger partial charge in [-0.1, -0.05) is 32.1 Å². The van der Waals surface area contributed by atoms with Crippen LogP contribution in [0.3, 0.4) is 0 Å². The number of hydrogen-bond donors (Lipinski definition) is 2. The van der Waals surface area contributed by atoms with Crippen LogP contribution in [0.25, 0.3) is 0 Å². The van der Waals surface area contributed by atoms with Gasteiger partial charge in [0.25, 0.3) is 5.91 Å². The third kappa shape index (κ3) is 4.19. The third-order valence-corrected chi connectivity index (χ3v) is 3.36. The minimum atomic E-state index is -4.48. The van der Waals surface area contributed by atoms with Crippen LogP contribution in [0.1, 0.15) is 29.8 Å². The highest BCUT2D eigenvalue weighted by molar-refractivity contribution is 7.80. The summed E-state index contributed by atoms with van der Waals surface area (Å²) in [6, 6.07) is 4.23. The van der Waals surface area contributed by atoms with Crippen molar-refractivity contribution in [1.82, 2.24) is 5.32 Å². The number of halogens is 3. The number of amides is 1. The van der Waals surface area contributed by atoms with E-state index in [9.17, 15) is 18.0 Å². The monoisotopic (exact) mass is 304 g/mol. The van der Waals surface area contributed by atoms with Crippen LogP contribution in [-0.4, -0.2) is 17.4 Å². The Kier molecular flexibility index (Phi) is 4.75. The summed E-state index contributed by atoms with van der Waals surface area (Å²) in [7, 11) is 0. The van der Waals surface area contributed by atoms with Gasteiger partial charge in [-0.05, 0) is 18.2 Å². The molecule has 0 spiro atoms. The molecule has 7 heteroatoms. The molecule has 110 valence electrons. The lowest BCUT2D eigenvalue weighted by Crippen LogP contribution is -2.41. The second kappa shape index (κ2) is 5.78. The smallest absolute Gasteiger partial charge is 0.393 e. The van der Waals surface area contributed by atoms with Crippen LogP contribution in [0.5, 0.6) is 0 Å². The number of alkyl halides is 3. The van der Waals surface area contributed by atoms with Gasteiger partial charge in [0, 0.05) is 17.5 Å². The van der Waals surface area contributed by atoms with Gasteiger partial charge in [0.05, 0.1) is 10.6 Å². The predicted octanol–water partition coefficient (Wildman–Crippen LogP) is 2.75. The van der Waals surface area contributed by atoms with Crippen molar-refractivity contribution in [3.8, 4) is 0 Å². The van der Waals surface area contributed by atoms with Crippen molar-refractivity contribution in [2.45, 2.75) is 20.0 Å². The largest absolute Gasteiger partial charge is 0.416 e. The standard InChI is InChI=1S/C13H15F3N2OS/c1-12(2,11(17)20)7-18-10(19)8-4-3-5-9(6-8)13(14,15)16/h3-6H,7H2,1-2H3,(H2,17,20)(H,18,19). The number of carbonyl (C=O) groups excluding carboxylic acids is 1. The van der Waals surface area contributed by atoms with E-state index in [1.165, 1.54) is 12.1 Å². The first-order chi connectivity index (χ1) is 9.04. The SMILES string of the molecule is CC(C)(CNC(=O)c1cccc(C(F)(F)F)c1)C(N)=S. The number of nitrogens with one attached hydrogen (secondary N) is 1. The molecule has 0 saturated heterocycles. The van der Waals surface area contributed by atoms with Gasteiger partial charge >= 0.3 is 6.18 Å². The van der Waals surface area contributed by atoms with E-state index in [0.717, 1.165) is 12.1 Å². The Hall–Kier alpha value is -1.63. The van der Waals surface area contributed by atoms with E-state index in [0.29, 0.717) is 0 Å². The van der Waals surface area contributed by atoms with Crippen LogP contribution >= 0.6 is 12.2 Å². The molecule has 0 heterocycles. The van der Waals surface area contributed by atoms with Gasteiger partial charge in [-0.15, -0.1) is 0 Å². The van der Waals surface area contributed by atoms with Crippen molar-refractivity contribution in [3.63, 3.8) is 0 Å². The highest BCUT2D eigenvalue weighted by atomic mass is 32.1. The van der Waals surface area contributed by atoms with Crippen LogP contribution < -0.4 is 11.1 Å². The molecule has 0 fully saturated rings. The van der Waals surface area contributed by atoms with Crippen molar-refractivity contribution in [2.75, 3.05) is 6.54 Å². The molecule has 1 amide bonds. The summed E-state index contributed by atoms with van der Waals surface area (Å²) >= 11 is 4.85. The zero-order valence-corrected chi connectivity index (χ0v) is 11.9. The van der Waals surface area contributed by atoms with E-state index in [2.05, 4.69) is 5.32 Å². The molecule has 3 N–H and O–H groups in total. The lowest BCUT2D eigenvalue weighted by molar-refractivity contribution is -0.137. The molecule has 0 aliphatic rings. The first-order valence-electron chi connectivity index (χ1n) is 5.79. The quantitative estimate of drug-likeness (QED) is 0.841. The molecule has 1 aromatic rings. The van der Waals surface area contributed by atoms with Gasteiger partial charge in [0.2, 0.25) is 0 Å². The first-order valence-corrected chi connectivity index (χ1v) is 6.20. The fourth-order valence-corrected chi connectivity index (χ4v) is 1.40. The molecular weight excluding hydrogens is 289 g/mol. The fourth-order valence-electron chi connectivity index (χ4n) is 1.33. The fraction of sp³-hybridized carbons (Fsp3) is 0.385. The number of rotatable bonds is 4. The average Bonchev–Trinajstić information content (AvgIpc) is 2.35. The van der Waals surface area contributed by atoms with E-state index in [-0.39, 0.29) is 17.1 Å². The van der Waals surface area contributed by atoms with E-state index >= 15 is 0 Å². The molecular formula is C13H15F3N2OS. The van der Waals surface area contributed by atoms with Crippen LogP contribution in [0, 0.1) is 5.41 Å². The summed E-state index contributed by atoms with van der Waals surface area (Å²) in [6.45, 7) is 3.63. The van der Waals surface area contributed by atoms with E-state index < -0.39 is 23.1 Å². The van der Waals surface area contributed by atoms with Gasteiger partial charge in [-0.2, -0.15) is 13.2 Å². The van der Waals surface area contributed by atoms with Gasteiger partial charge in [0.1, 0.15) is 0 Å². The highest BCUT2D eigenvalue weighted by Gasteiger charge is 2.31. The van der Waals surface area contributed by atoms with Crippen LogP contribution in [0.4, 0.5) is 13.2 Å². The molecule has 0 bridgehead atoms. The van der Waals surface area contributed by atoms with Crippen LogP contribution in [-0.2, 0) is 6.18 Å². The summed E-state index contributed by atoms with van der Waals surface area (Å²) in [5.41, 5.74) is 3.98. The van der Waals surface area contributed by atoms with Crippen molar-refractivity contribution in [1.29, 1.82) is 0 Å². The zero-order valence-electron chi connectivity index (χ0n) is 11.0. The normalized spacial score (nSPS) is 12.1. The van der Waals surface area contributed by atoms with E-state index in [1.807, 2.05) is 0 Å². The Morgan fingerprint density at radius 2 is 1.95 bits per heavy atom. The van der Waals surface area contributed by atoms with Gasteiger partial charge in [-0.3, -0.25) is 4.79 Å². The Bertz CT molecular complexity index is 527. The molecule has 0 atom stereocenters. The van der Waals surface area contributed by atoms with Crippen molar-refractivity contribution < 1.29 is 18.0 Å². The van der Waals surface area contributed by atoms with Gasteiger partial charge < -0.3 is 11.1 Å². The van der Waals surface area contributed by atoms with Gasteiger partial charge in [-0.25, -0.2) is 0 Å². The maximum atomic E-state index is 12.5. The number of benzene rings is 1. The third-order valence-electron chi connectivity index (χ3n) is 2.81.